The van der Waals surface area contributed by atoms with Crippen molar-refractivity contribution >= 4 is 11.8 Å². The van der Waals surface area contributed by atoms with Gasteiger partial charge in [0.25, 0.3) is 5.91 Å². The zero-order chi connectivity index (χ0) is 15.5. The molecule has 1 heterocycles. The van der Waals surface area contributed by atoms with Crippen LogP contribution in [0.25, 0.3) is 0 Å². The van der Waals surface area contributed by atoms with Crippen molar-refractivity contribution in [2.75, 3.05) is 26.2 Å². The monoisotopic (exact) mass is 302 g/mol. The van der Waals surface area contributed by atoms with E-state index >= 15 is 0 Å². The Kier molecular flexibility index (Phi) is 4.46. The predicted molar refractivity (Wildman–Crippen MR) is 66.2 cm³/mol. The van der Waals surface area contributed by atoms with Crippen LogP contribution >= 0.6 is 0 Å². The molecule has 1 N–H and O–H groups in total. The van der Waals surface area contributed by atoms with Gasteiger partial charge in [0.1, 0.15) is 12.4 Å². The van der Waals surface area contributed by atoms with E-state index < -0.39 is 36.8 Å². The van der Waals surface area contributed by atoms with E-state index in [-0.39, 0.29) is 18.7 Å². The van der Waals surface area contributed by atoms with Gasteiger partial charge in [-0.15, -0.1) is 0 Å². The van der Waals surface area contributed by atoms with E-state index in [2.05, 4.69) is 10.1 Å². The predicted octanol–water partition coefficient (Wildman–Crippen LogP) is 1.01. The Hall–Kier alpha value is -2.09. The number of carbonyl (C=O) groups is 2. The van der Waals surface area contributed by atoms with Crippen molar-refractivity contribution in [1.82, 2.24) is 10.2 Å². The van der Waals surface area contributed by atoms with Gasteiger partial charge < -0.3 is 15.0 Å². The average molecular weight is 302 g/mol. The summed E-state index contributed by atoms with van der Waals surface area (Å²) in [6, 6.07) is 4.74. The molecule has 114 valence electrons. The molecule has 2 amide bonds. The number of hydrogen-bond acceptors (Lipinski definition) is 3. The van der Waals surface area contributed by atoms with Gasteiger partial charge in [0.05, 0.1) is 13.2 Å². The van der Waals surface area contributed by atoms with Crippen LogP contribution < -0.4 is 5.32 Å². The first-order valence-electron chi connectivity index (χ1n) is 6.21. The number of ether oxygens (including phenoxy) is 1. The van der Waals surface area contributed by atoms with Gasteiger partial charge in [-0.2, -0.15) is 8.78 Å². The highest BCUT2D eigenvalue weighted by Gasteiger charge is 2.38. The fourth-order valence-electron chi connectivity index (χ4n) is 1.84. The normalized spacial score (nSPS) is 17.4. The molecule has 1 aliphatic heterocycles. The third-order valence-electron chi connectivity index (χ3n) is 2.91. The van der Waals surface area contributed by atoms with Gasteiger partial charge in [0.15, 0.2) is 0 Å². The molecular weight excluding hydrogens is 289 g/mol. The van der Waals surface area contributed by atoms with Crippen molar-refractivity contribution in [3.8, 4) is 0 Å². The van der Waals surface area contributed by atoms with Crippen molar-refractivity contribution < 1.29 is 27.5 Å². The number of nitrogens with zero attached hydrogens (tertiary/aromatic N) is 1. The first kappa shape index (κ1) is 15.3. The van der Waals surface area contributed by atoms with Crippen LogP contribution in [-0.4, -0.2) is 49.1 Å². The third-order valence-corrected chi connectivity index (χ3v) is 2.91. The van der Waals surface area contributed by atoms with Crippen molar-refractivity contribution in [2.45, 2.75) is 6.11 Å². The molecule has 1 aromatic carbocycles. The number of alkyl halides is 2. The summed E-state index contributed by atoms with van der Waals surface area (Å²) >= 11 is 0. The molecule has 8 heteroatoms. The fraction of sp³-hybridized carbons (Fsp3) is 0.385. The lowest BCUT2D eigenvalue weighted by Crippen LogP contribution is -2.51. The smallest absolute Gasteiger partial charge is 0.343 e. The largest absolute Gasteiger partial charge is 0.373 e. The van der Waals surface area contributed by atoms with Crippen molar-refractivity contribution in [2.24, 2.45) is 0 Å². The second-order valence-electron chi connectivity index (χ2n) is 4.49. The molecule has 0 spiro atoms. The highest BCUT2D eigenvalue weighted by Crippen LogP contribution is 2.20. The van der Waals surface area contributed by atoms with Gasteiger partial charge in [0.2, 0.25) is 5.91 Å². The Morgan fingerprint density at radius 3 is 2.57 bits per heavy atom. The summed E-state index contributed by atoms with van der Waals surface area (Å²) < 4.78 is 42.9. The number of benzene rings is 1. The Balaban J connectivity index is 1.86. The van der Waals surface area contributed by atoms with E-state index in [4.69, 9.17) is 0 Å². The molecule has 0 atom stereocenters. The van der Waals surface area contributed by atoms with Gasteiger partial charge in [-0.05, 0) is 24.3 Å². The molecule has 2 rings (SSSR count). The molecule has 0 unspecified atom stereocenters. The highest BCUT2D eigenvalue weighted by atomic mass is 19.3. The van der Waals surface area contributed by atoms with Crippen LogP contribution in [0.4, 0.5) is 13.2 Å². The van der Waals surface area contributed by atoms with E-state index in [1.165, 1.54) is 12.1 Å². The molecule has 0 bridgehead atoms. The van der Waals surface area contributed by atoms with E-state index in [1.807, 2.05) is 0 Å². The first-order chi connectivity index (χ1) is 9.87. The maximum atomic E-state index is 13.0. The van der Waals surface area contributed by atoms with Crippen LogP contribution in [0.15, 0.2) is 24.3 Å². The number of morpholine rings is 1. The molecule has 0 aromatic heterocycles. The summed E-state index contributed by atoms with van der Waals surface area (Å²) in [5, 5.41) is 2.30. The number of nitrogens with one attached hydrogen (secondary N) is 1. The molecule has 1 aromatic rings. The topological polar surface area (TPSA) is 58.6 Å². The number of hydrogen-bond donors (Lipinski definition) is 1. The Labute approximate surface area is 118 Å². The van der Waals surface area contributed by atoms with Crippen molar-refractivity contribution in [1.29, 1.82) is 0 Å². The van der Waals surface area contributed by atoms with Crippen LogP contribution in [0.1, 0.15) is 10.4 Å². The van der Waals surface area contributed by atoms with Crippen molar-refractivity contribution in [3.05, 3.63) is 35.6 Å². The van der Waals surface area contributed by atoms with E-state index in [9.17, 15) is 22.8 Å². The summed E-state index contributed by atoms with van der Waals surface area (Å²) in [5.41, 5.74) is 0.177. The third kappa shape index (κ3) is 4.19. The first-order valence-corrected chi connectivity index (χ1v) is 6.21. The van der Waals surface area contributed by atoms with Crippen LogP contribution in [0.2, 0.25) is 0 Å². The van der Waals surface area contributed by atoms with E-state index in [0.717, 1.165) is 17.0 Å². The maximum Gasteiger partial charge on any atom is 0.373 e. The fourth-order valence-corrected chi connectivity index (χ4v) is 1.84. The second-order valence-corrected chi connectivity index (χ2v) is 4.49. The minimum atomic E-state index is -3.37. The minimum absolute atomic E-state index is 0.0425. The Bertz CT molecular complexity index is 534. The van der Waals surface area contributed by atoms with Crippen LogP contribution in [0, 0.1) is 5.82 Å². The lowest BCUT2D eigenvalue weighted by atomic mass is 10.2. The zero-order valence-corrected chi connectivity index (χ0v) is 10.9. The summed E-state index contributed by atoms with van der Waals surface area (Å²) in [4.78, 5) is 24.4. The molecule has 5 nitrogen and oxygen atoms in total. The van der Waals surface area contributed by atoms with Crippen LogP contribution in [-0.2, 0) is 9.53 Å². The summed E-state index contributed by atoms with van der Waals surface area (Å²) in [6.45, 7) is -1.46. The number of rotatable bonds is 3. The minimum Gasteiger partial charge on any atom is -0.343 e. The van der Waals surface area contributed by atoms with Gasteiger partial charge in [0, 0.05) is 12.1 Å². The number of amides is 2. The zero-order valence-electron chi connectivity index (χ0n) is 10.9. The van der Waals surface area contributed by atoms with Crippen LogP contribution in [0.5, 0.6) is 0 Å². The number of carbonyl (C=O) groups excluding carboxylic acids is 2. The summed E-state index contributed by atoms with van der Waals surface area (Å²) in [5.74, 6) is -1.70. The second kappa shape index (κ2) is 6.13. The van der Waals surface area contributed by atoms with Gasteiger partial charge in [-0.1, -0.05) is 0 Å². The Morgan fingerprint density at radius 1 is 1.29 bits per heavy atom. The lowest BCUT2D eigenvalue weighted by Gasteiger charge is -2.32. The van der Waals surface area contributed by atoms with Gasteiger partial charge >= 0.3 is 6.11 Å². The molecule has 0 saturated carbocycles. The van der Waals surface area contributed by atoms with Crippen LogP contribution in [0.3, 0.4) is 0 Å². The average Bonchev–Trinajstić information content (AvgIpc) is 2.44. The molecule has 1 aliphatic rings. The standard InChI is InChI=1S/C13H13F3N2O3/c14-10-3-1-9(2-4-10)12(20)17-7-11(19)18-5-6-21-13(15,16)8-18/h1-4H,5-8H2,(H,17,20). The van der Waals surface area contributed by atoms with Crippen molar-refractivity contribution in [3.63, 3.8) is 0 Å². The SMILES string of the molecule is O=C(NCC(=O)N1CCOC(F)(F)C1)c1ccc(F)cc1. The quantitative estimate of drug-likeness (QED) is 0.906. The molecule has 21 heavy (non-hydrogen) atoms. The van der Waals surface area contributed by atoms with Gasteiger partial charge in [-0.3, -0.25) is 9.59 Å². The summed E-state index contributed by atoms with van der Waals surface area (Å²) in [6.07, 6.45) is -3.37. The summed E-state index contributed by atoms with van der Waals surface area (Å²) in [7, 11) is 0. The number of halogens is 3. The maximum absolute atomic E-state index is 13.0. The van der Waals surface area contributed by atoms with Gasteiger partial charge in [-0.25, -0.2) is 4.39 Å². The Morgan fingerprint density at radius 2 is 1.95 bits per heavy atom. The van der Waals surface area contributed by atoms with E-state index in [1.54, 1.807) is 0 Å². The van der Waals surface area contributed by atoms with E-state index in [0.29, 0.717) is 0 Å². The molecule has 0 aliphatic carbocycles. The molecule has 1 fully saturated rings. The molecular formula is C13H13F3N2O3. The molecule has 1 saturated heterocycles. The lowest BCUT2D eigenvalue weighted by molar-refractivity contribution is -0.267. The highest BCUT2D eigenvalue weighted by molar-refractivity contribution is 5.96. The molecule has 0 radical (unpaired) electrons.